The first-order chi connectivity index (χ1) is 12.0. The average Bonchev–Trinajstić information content (AvgIpc) is 3.00. The van der Waals surface area contributed by atoms with Crippen LogP contribution in [-0.2, 0) is 6.54 Å². The van der Waals surface area contributed by atoms with Crippen molar-refractivity contribution < 1.29 is 0 Å². The van der Waals surface area contributed by atoms with Crippen molar-refractivity contribution in [1.29, 1.82) is 0 Å². The molecule has 0 saturated heterocycles. The van der Waals surface area contributed by atoms with Gasteiger partial charge >= 0.3 is 0 Å². The maximum Gasteiger partial charge on any atom is 0.252 e. The summed E-state index contributed by atoms with van der Waals surface area (Å²) in [6.45, 7) is 4.56. The number of rotatable bonds is 6. The number of halogens is 1. The summed E-state index contributed by atoms with van der Waals surface area (Å²) in [4.78, 5) is 23.4. The van der Waals surface area contributed by atoms with Crippen LogP contribution in [0.1, 0.15) is 37.1 Å². The molecule has 0 radical (unpaired) electrons. The topological polar surface area (TPSA) is 88.5 Å². The van der Waals surface area contributed by atoms with Crippen molar-refractivity contribution in [3.8, 4) is 0 Å². The maximum atomic E-state index is 12.0. The predicted molar refractivity (Wildman–Crippen MR) is 96.8 cm³/mol. The van der Waals surface area contributed by atoms with Crippen LogP contribution in [0.3, 0.4) is 0 Å². The van der Waals surface area contributed by atoms with Crippen molar-refractivity contribution in [2.75, 3.05) is 5.32 Å². The van der Waals surface area contributed by atoms with E-state index in [0.29, 0.717) is 23.2 Å². The first kappa shape index (κ1) is 17.2. The number of aromatic amines is 1. The first-order valence-corrected chi connectivity index (χ1v) is 8.34. The third-order valence-corrected chi connectivity index (χ3v) is 4.06. The molecule has 25 heavy (non-hydrogen) atoms. The lowest BCUT2D eigenvalue weighted by atomic mass is 10.1. The van der Waals surface area contributed by atoms with E-state index in [2.05, 4.69) is 25.4 Å². The molecule has 0 aliphatic heterocycles. The molecule has 7 nitrogen and oxygen atoms in total. The van der Waals surface area contributed by atoms with E-state index >= 15 is 0 Å². The summed E-state index contributed by atoms with van der Waals surface area (Å²) in [7, 11) is 0. The van der Waals surface area contributed by atoms with Crippen molar-refractivity contribution in [1.82, 2.24) is 24.7 Å². The molecular formula is C17H19ClN6O. The molecule has 0 bridgehead atoms. The Kier molecular flexibility index (Phi) is 5.14. The number of H-pyrrole nitrogens is 1. The molecule has 0 aromatic carbocycles. The van der Waals surface area contributed by atoms with Gasteiger partial charge in [-0.1, -0.05) is 24.6 Å². The monoisotopic (exact) mass is 358 g/mol. The van der Waals surface area contributed by atoms with Gasteiger partial charge in [0.15, 0.2) is 0 Å². The van der Waals surface area contributed by atoms with Gasteiger partial charge in [-0.25, -0.2) is 4.98 Å². The molecule has 0 aliphatic rings. The van der Waals surface area contributed by atoms with E-state index in [9.17, 15) is 4.79 Å². The Bertz CT molecular complexity index is 891. The second kappa shape index (κ2) is 7.48. The third-order valence-electron chi connectivity index (χ3n) is 3.87. The molecule has 0 fully saturated rings. The number of anilines is 1. The minimum absolute atomic E-state index is 0.00696. The first-order valence-electron chi connectivity index (χ1n) is 7.97. The Labute approximate surface area is 150 Å². The Hall–Kier alpha value is -2.67. The predicted octanol–water partition coefficient (Wildman–Crippen LogP) is 2.99. The number of hydrogen-bond donors (Lipinski definition) is 2. The fourth-order valence-electron chi connectivity index (χ4n) is 2.53. The summed E-state index contributed by atoms with van der Waals surface area (Å²) in [5.74, 6) is 0.441. The van der Waals surface area contributed by atoms with Crippen molar-refractivity contribution in [3.63, 3.8) is 0 Å². The van der Waals surface area contributed by atoms with Gasteiger partial charge in [0, 0.05) is 37.1 Å². The Morgan fingerprint density at radius 3 is 2.88 bits per heavy atom. The van der Waals surface area contributed by atoms with Gasteiger partial charge in [0.25, 0.3) is 5.56 Å². The second-order valence-electron chi connectivity index (χ2n) is 5.95. The van der Waals surface area contributed by atoms with Crippen LogP contribution in [-0.4, -0.2) is 24.7 Å². The summed E-state index contributed by atoms with van der Waals surface area (Å²) in [5.41, 5.74) is 1.50. The molecule has 0 spiro atoms. The Morgan fingerprint density at radius 2 is 2.20 bits per heavy atom. The largest absolute Gasteiger partial charge is 0.349 e. The van der Waals surface area contributed by atoms with Crippen LogP contribution in [0.15, 0.2) is 47.8 Å². The van der Waals surface area contributed by atoms with Gasteiger partial charge in [0.2, 0.25) is 5.95 Å². The quantitative estimate of drug-likeness (QED) is 0.707. The van der Waals surface area contributed by atoms with Gasteiger partial charge in [-0.05, 0) is 18.6 Å². The molecule has 3 aromatic heterocycles. The fourth-order valence-corrected chi connectivity index (χ4v) is 2.69. The fraction of sp³-hybridized carbons (Fsp3) is 0.294. The van der Waals surface area contributed by atoms with Crippen molar-refractivity contribution in [3.05, 3.63) is 69.6 Å². The van der Waals surface area contributed by atoms with Crippen LogP contribution < -0.4 is 10.9 Å². The highest BCUT2D eigenvalue weighted by atomic mass is 35.5. The van der Waals surface area contributed by atoms with Crippen molar-refractivity contribution in [2.24, 2.45) is 0 Å². The Morgan fingerprint density at radius 1 is 1.36 bits per heavy atom. The Balaban J connectivity index is 1.77. The van der Waals surface area contributed by atoms with Gasteiger partial charge in [0.05, 0.1) is 23.0 Å². The molecule has 0 aliphatic carbocycles. The van der Waals surface area contributed by atoms with Gasteiger partial charge < -0.3 is 5.32 Å². The summed E-state index contributed by atoms with van der Waals surface area (Å²) in [5, 5.41) is 7.96. The van der Waals surface area contributed by atoms with Crippen LogP contribution in [0.5, 0.6) is 0 Å². The zero-order chi connectivity index (χ0) is 17.8. The minimum Gasteiger partial charge on any atom is -0.349 e. The highest BCUT2D eigenvalue weighted by Gasteiger charge is 2.13. The molecule has 2 atom stereocenters. The van der Waals surface area contributed by atoms with Crippen molar-refractivity contribution in [2.45, 2.75) is 32.4 Å². The number of hydrogen-bond acceptors (Lipinski definition) is 5. The minimum atomic E-state index is -0.198. The summed E-state index contributed by atoms with van der Waals surface area (Å²) in [6.07, 6.45) is 6.83. The molecular weight excluding hydrogens is 340 g/mol. The van der Waals surface area contributed by atoms with Crippen LogP contribution in [0, 0.1) is 0 Å². The highest BCUT2D eigenvalue weighted by Crippen LogP contribution is 2.18. The van der Waals surface area contributed by atoms with E-state index in [-0.39, 0.29) is 17.5 Å². The number of pyridine rings is 1. The lowest BCUT2D eigenvalue weighted by Gasteiger charge is -2.16. The third kappa shape index (κ3) is 4.45. The van der Waals surface area contributed by atoms with Gasteiger partial charge in [-0.15, -0.1) is 0 Å². The molecule has 3 rings (SSSR count). The smallest absolute Gasteiger partial charge is 0.252 e. The van der Waals surface area contributed by atoms with E-state index in [4.69, 9.17) is 11.6 Å². The molecule has 3 heterocycles. The number of aromatic nitrogens is 5. The second-order valence-corrected chi connectivity index (χ2v) is 6.39. The van der Waals surface area contributed by atoms with E-state index in [0.717, 1.165) is 5.56 Å². The van der Waals surface area contributed by atoms with Gasteiger partial charge in [0.1, 0.15) is 0 Å². The van der Waals surface area contributed by atoms with Crippen LogP contribution in [0.25, 0.3) is 0 Å². The van der Waals surface area contributed by atoms with Crippen LogP contribution in [0.2, 0.25) is 5.02 Å². The number of nitrogens with zero attached hydrogens (tertiary/aromatic N) is 4. The average molecular weight is 359 g/mol. The molecule has 130 valence electrons. The lowest BCUT2D eigenvalue weighted by molar-refractivity contribution is 0.533. The summed E-state index contributed by atoms with van der Waals surface area (Å²) < 4.78 is 1.74. The standard InChI is InChI=1S/C17H19ClN6O/c1-11(9-24-10-14(18)8-20-24)15-6-16(25)23-17(22-15)21-12(2)13-4-3-5-19-7-13/h3-8,10-12H,9H2,1-2H3,(H2,21,22,23,25). The summed E-state index contributed by atoms with van der Waals surface area (Å²) in [6, 6.07) is 5.32. The van der Waals surface area contributed by atoms with Crippen molar-refractivity contribution >= 4 is 17.5 Å². The van der Waals surface area contributed by atoms with Crippen LogP contribution in [0.4, 0.5) is 5.95 Å². The molecule has 2 unspecified atom stereocenters. The van der Waals surface area contributed by atoms with E-state index in [1.807, 2.05) is 26.0 Å². The van der Waals surface area contributed by atoms with E-state index in [1.54, 1.807) is 29.5 Å². The van der Waals surface area contributed by atoms with Gasteiger partial charge in [-0.2, -0.15) is 5.10 Å². The van der Waals surface area contributed by atoms with Gasteiger partial charge in [-0.3, -0.25) is 19.4 Å². The normalized spacial score (nSPS) is 13.4. The molecule has 2 N–H and O–H groups in total. The van der Waals surface area contributed by atoms with E-state index in [1.165, 1.54) is 6.07 Å². The maximum absolute atomic E-state index is 12.0. The molecule has 0 saturated carbocycles. The zero-order valence-corrected chi connectivity index (χ0v) is 14.7. The molecule has 3 aromatic rings. The highest BCUT2D eigenvalue weighted by molar-refractivity contribution is 6.30. The number of nitrogens with one attached hydrogen (secondary N) is 2. The molecule has 8 heteroatoms. The lowest BCUT2D eigenvalue weighted by Crippen LogP contribution is -2.18. The van der Waals surface area contributed by atoms with E-state index < -0.39 is 0 Å². The SMILES string of the molecule is CC(Cn1cc(Cl)cn1)c1cc(=O)[nH]c(NC(C)c2cccnc2)n1. The zero-order valence-electron chi connectivity index (χ0n) is 14.0. The summed E-state index contributed by atoms with van der Waals surface area (Å²) >= 11 is 5.89. The van der Waals surface area contributed by atoms with Crippen LogP contribution >= 0.6 is 11.6 Å². The molecule has 0 amide bonds.